The molecular formula is C20H23N3OS. The summed E-state index contributed by atoms with van der Waals surface area (Å²) in [4.78, 5) is 12.4. The van der Waals surface area contributed by atoms with Crippen molar-refractivity contribution in [1.82, 2.24) is 9.97 Å². The van der Waals surface area contributed by atoms with E-state index in [1.54, 1.807) is 7.11 Å². The molecule has 0 saturated heterocycles. The lowest BCUT2D eigenvalue weighted by atomic mass is 9.97. The first-order valence-electron chi connectivity index (χ1n) is 8.93. The summed E-state index contributed by atoms with van der Waals surface area (Å²) >= 11 is 1.86. The Balaban J connectivity index is 1.74. The van der Waals surface area contributed by atoms with Gasteiger partial charge in [-0.3, -0.25) is 0 Å². The van der Waals surface area contributed by atoms with Gasteiger partial charge in [0.15, 0.2) is 0 Å². The lowest BCUT2D eigenvalue weighted by molar-refractivity contribution is 0.210. The third-order valence-electron chi connectivity index (χ3n) is 4.66. The molecule has 1 aromatic carbocycles. The third-order valence-corrected chi connectivity index (χ3v) is 5.85. The first-order chi connectivity index (χ1) is 12.3. The Hall–Kier alpha value is -1.98. The molecule has 1 N–H and O–H groups in total. The number of fused-ring (bicyclic) bond motifs is 3. The highest BCUT2D eigenvalue weighted by Crippen LogP contribution is 2.38. The van der Waals surface area contributed by atoms with E-state index in [1.165, 1.54) is 40.7 Å². The van der Waals surface area contributed by atoms with Crippen molar-refractivity contribution >= 4 is 27.4 Å². The van der Waals surface area contributed by atoms with Crippen molar-refractivity contribution in [3.63, 3.8) is 0 Å². The summed E-state index contributed by atoms with van der Waals surface area (Å²) in [5, 5.41) is 4.72. The molecule has 2 aromatic heterocycles. The maximum Gasteiger partial charge on any atom is 0.138 e. The Bertz CT molecular complexity index is 860. The fourth-order valence-electron chi connectivity index (χ4n) is 3.46. The minimum Gasteiger partial charge on any atom is -0.383 e. The van der Waals surface area contributed by atoms with Gasteiger partial charge in [-0.05, 0) is 36.8 Å². The number of hydrogen-bond acceptors (Lipinski definition) is 5. The number of methoxy groups -OCH3 is 1. The van der Waals surface area contributed by atoms with Gasteiger partial charge in [-0.2, -0.15) is 0 Å². The molecule has 1 aliphatic carbocycles. The summed E-state index contributed by atoms with van der Waals surface area (Å²) in [6.07, 6.45) is 5.65. The maximum absolute atomic E-state index is 5.19. The molecule has 3 aromatic rings. The van der Waals surface area contributed by atoms with E-state index in [2.05, 4.69) is 29.6 Å². The maximum atomic E-state index is 5.19. The Kier molecular flexibility index (Phi) is 4.95. The lowest BCUT2D eigenvalue weighted by Crippen LogP contribution is -2.11. The van der Waals surface area contributed by atoms with E-state index in [-0.39, 0.29) is 0 Å². The molecule has 4 rings (SSSR count). The van der Waals surface area contributed by atoms with Crippen molar-refractivity contribution in [2.45, 2.75) is 32.1 Å². The standard InChI is InChI=1S/C20H23N3OS/c1-24-12-11-21-19-18-15-9-5-6-10-16(15)25-20(18)23-17(22-19)13-14-7-3-2-4-8-14/h2-4,7-8H,5-6,9-13H2,1H3,(H,21,22,23). The molecule has 0 fully saturated rings. The van der Waals surface area contributed by atoms with Gasteiger partial charge >= 0.3 is 0 Å². The van der Waals surface area contributed by atoms with Crippen LogP contribution in [0.5, 0.6) is 0 Å². The molecular weight excluding hydrogens is 330 g/mol. The number of anilines is 1. The predicted molar refractivity (Wildman–Crippen MR) is 104 cm³/mol. The molecule has 4 nitrogen and oxygen atoms in total. The normalized spacial score (nSPS) is 13.8. The van der Waals surface area contributed by atoms with Gasteiger partial charge in [-0.25, -0.2) is 9.97 Å². The number of ether oxygens (including phenoxy) is 1. The van der Waals surface area contributed by atoms with Crippen molar-refractivity contribution in [3.05, 3.63) is 52.2 Å². The van der Waals surface area contributed by atoms with Crippen LogP contribution >= 0.6 is 11.3 Å². The lowest BCUT2D eigenvalue weighted by Gasteiger charge is -2.13. The Morgan fingerprint density at radius 2 is 1.96 bits per heavy atom. The second-order valence-corrected chi connectivity index (χ2v) is 7.55. The number of hydrogen-bond donors (Lipinski definition) is 1. The quantitative estimate of drug-likeness (QED) is 0.674. The van der Waals surface area contributed by atoms with Crippen molar-refractivity contribution in [1.29, 1.82) is 0 Å². The van der Waals surface area contributed by atoms with Crippen LogP contribution in [0.2, 0.25) is 0 Å². The average molecular weight is 353 g/mol. The van der Waals surface area contributed by atoms with Crippen LogP contribution in [0, 0.1) is 0 Å². The first kappa shape index (κ1) is 16.5. The SMILES string of the molecule is COCCNc1nc(Cc2ccccc2)nc2sc3c(c12)CCCC3. The topological polar surface area (TPSA) is 47.0 Å². The van der Waals surface area contributed by atoms with E-state index in [0.717, 1.165) is 35.9 Å². The van der Waals surface area contributed by atoms with Crippen molar-refractivity contribution in [2.24, 2.45) is 0 Å². The zero-order valence-electron chi connectivity index (χ0n) is 14.5. The van der Waals surface area contributed by atoms with Crippen LogP contribution in [0.25, 0.3) is 10.2 Å². The van der Waals surface area contributed by atoms with Crippen LogP contribution in [0.3, 0.4) is 0 Å². The van der Waals surface area contributed by atoms with Gasteiger partial charge in [-0.15, -0.1) is 11.3 Å². The molecule has 5 heteroatoms. The smallest absolute Gasteiger partial charge is 0.138 e. The molecule has 130 valence electrons. The zero-order chi connectivity index (χ0) is 17.1. The van der Waals surface area contributed by atoms with Crippen LogP contribution in [-0.4, -0.2) is 30.2 Å². The molecule has 0 aliphatic heterocycles. The minimum absolute atomic E-state index is 0.672. The van der Waals surface area contributed by atoms with Gasteiger partial charge in [-0.1, -0.05) is 30.3 Å². The molecule has 1 aliphatic rings. The molecule has 0 saturated carbocycles. The van der Waals surface area contributed by atoms with Crippen LogP contribution in [-0.2, 0) is 24.0 Å². The van der Waals surface area contributed by atoms with Gasteiger partial charge in [0.2, 0.25) is 0 Å². The van der Waals surface area contributed by atoms with Crippen LogP contribution in [0.1, 0.15) is 34.7 Å². The monoisotopic (exact) mass is 353 g/mol. The van der Waals surface area contributed by atoms with E-state index in [1.807, 2.05) is 17.4 Å². The van der Waals surface area contributed by atoms with Crippen LogP contribution < -0.4 is 5.32 Å². The van der Waals surface area contributed by atoms with Gasteiger partial charge in [0, 0.05) is 25.0 Å². The van der Waals surface area contributed by atoms with E-state index in [0.29, 0.717) is 6.61 Å². The number of thiophene rings is 1. The Morgan fingerprint density at radius 1 is 1.12 bits per heavy atom. The Labute approximate surface area is 152 Å². The third kappa shape index (κ3) is 3.53. The molecule has 0 bridgehead atoms. The van der Waals surface area contributed by atoms with Gasteiger partial charge in [0.05, 0.1) is 12.0 Å². The molecule has 0 atom stereocenters. The van der Waals surface area contributed by atoms with Crippen LogP contribution in [0.15, 0.2) is 30.3 Å². The highest BCUT2D eigenvalue weighted by molar-refractivity contribution is 7.19. The number of aromatic nitrogens is 2. The molecule has 0 radical (unpaired) electrons. The molecule has 25 heavy (non-hydrogen) atoms. The highest BCUT2D eigenvalue weighted by atomic mass is 32.1. The molecule has 0 amide bonds. The number of nitrogens with one attached hydrogen (secondary N) is 1. The van der Waals surface area contributed by atoms with Crippen molar-refractivity contribution < 1.29 is 4.74 Å². The van der Waals surface area contributed by atoms with Crippen molar-refractivity contribution in [3.8, 4) is 0 Å². The summed E-state index contributed by atoms with van der Waals surface area (Å²) in [6, 6.07) is 10.4. The largest absolute Gasteiger partial charge is 0.383 e. The minimum atomic E-state index is 0.672. The molecule has 2 heterocycles. The van der Waals surface area contributed by atoms with Crippen molar-refractivity contribution in [2.75, 3.05) is 25.6 Å². The van der Waals surface area contributed by atoms with E-state index in [9.17, 15) is 0 Å². The summed E-state index contributed by atoms with van der Waals surface area (Å²) in [6.45, 7) is 1.43. The summed E-state index contributed by atoms with van der Waals surface area (Å²) in [5.41, 5.74) is 2.71. The summed E-state index contributed by atoms with van der Waals surface area (Å²) in [5.74, 6) is 1.87. The van der Waals surface area contributed by atoms with Gasteiger partial charge < -0.3 is 10.1 Å². The first-order valence-corrected chi connectivity index (χ1v) is 9.74. The van der Waals surface area contributed by atoms with Crippen LogP contribution in [0.4, 0.5) is 5.82 Å². The fraction of sp³-hybridized carbons (Fsp3) is 0.400. The number of aryl methyl sites for hydroxylation is 2. The zero-order valence-corrected chi connectivity index (χ0v) is 15.4. The second kappa shape index (κ2) is 7.50. The highest BCUT2D eigenvalue weighted by Gasteiger charge is 2.21. The number of benzene rings is 1. The average Bonchev–Trinajstić information content (AvgIpc) is 3.01. The van der Waals surface area contributed by atoms with Gasteiger partial charge in [0.25, 0.3) is 0 Å². The van der Waals surface area contributed by atoms with Gasteiger partial charge in [0.1, 0.15) is 16.5 Å². The fourth-order valence-corrected chi connectivity index (χ4v) is 4.74. The predicted octanol–water partition coefficient (Wildman–Crippen LogP) is 4.22. The van der Waals surface area contributed by atoms with E-state index >= 15 is 0 Å². The second-order valence-electron chi connectivity index (χ2n) is 6.46. The number of rotatable bonds is 6. The number of nitrogens with zero attached hydrogens (tertiary/aromatic N) is 2. The molecule has 0 spiro atoms. The van der Waals surface area contributed by atoms with E-state index < -0.39 is 0 Å². The van der Waals surface area contributed by atoms with E-state index in [4.69, 9.17) is 14.7 Å². The molecule has 0 unspecified atom stereocenters. The summed E-state index contributed by atoms with van der Waals surface area (Å²) < 4.78 is 5.19. The Morgan fingerprint density at radius 3 is 2.80 bits per heavy atom. The summed E-state index contributed by atoms with van der Waals surface area (Å²) in [7, 11) is 1.73.